The molecule has 1 amide bonds. The van der Waals surface area contributed by atoms with Gasteiger partial charge in [0.25, 0.3) is 0 Å². The molecule has 206 valence electrons. The van der Waals surface area contributed by atoms with Gasteiger partial charge >= 0.3 is 11.9 Å². The van der Waals surface area contributed by atoms with E-state index in [1.807, 2.05) is 56.3 Å². The minimum absolute atomic E-state index is 0. The molecule has 37 heavy (non-hydrogen) atoms. The van der Waals surface area contributed by atoms with Crippen LogP contribution in [0.2, 0.25) is 0 Å². The normalized spacial score (nSPS) is 13.0. The van der Waals surface area contributed by atoms with Crippen LogP contribution in [0.15, 0.2) is 54.6 Å². The van der Waals surface area contributed by atoms with Crippen molar-refractivity contribution in [1.82, 2.24) is 5.32 Å². The molecule has 5 N–H and O–H groups in total. The van der Waals surface area contributed by atoms with Gasteiger partial charge in [-0.3, -0.25) is 19.8 Å². The van der Waals surface area contributed by atoms with Gasteiger partial charge in [-0.2, -0.15) is 0 Å². The van der Waals surface area contributed by atoms with Crippen molar-refractivity contribution >= 4 is 48.3 Å². The van der Waals surface area contributed by atoms with Gasteiger partial charge < -0.3 is 15.9 Å². The molecule has 0 aliphatic rings. The summed E-state index contributed by atoms with van der Waals surface area (Å²) in [6, 6.07) is 13.9. The second-order valence-corrected chi connectivity index (χ2v) is 9.16. The molecule has 0 aliphatic heterocycles. The zero-order chi connectivity index (χ0) is 26.0. The zero-order valence-electron chi connectivity index (χ0n) is 21.5. The van der Waals surface area contributed by atoms with Gasteiger partial charge in [-0.1, -0.05) is 62.7 Å². The third-order valence-electron chi connectivity index (χ3n) is 5.89. The van der Waals surface area contributed by atoms with Gasteiger partial charge in [-0.25, -0.2) is 4.79 Å². The Morgan fingerprint density at radius 2 is 1.41 bits per heavy atom. The van der Waals surface area contributed by atoms with Crippen molar-refractivity contribution in [2.45, 2.75) is 64.6 Å². The first-order valence-electron chi connectivity index (χ1n) is 12.1. The van der Waals surface area contributed by atoms with Crippen molar-refractivity contribution in [3.8, 4) is 11.1 Å². The Kier molecular flexibility index (Phi) is 15.8. The minimum atomic E-state index is -1.15. The van der Waals surface area contributed by atoms with E-state index in [-0.39, 0.29) is 30.7 Å². The number of halogens is 2. The predicted molar refractivity (Wildman–Crippen MR) is 152 cm³/mol. The van der Waals surface area contributed by atoms with E-state index in [1.54, 1.807) is 12.1 Å². The van der Waals surface area contributed by atoms with Gasteiger partial charge in [0.2, 0.25) is 5.91 Å². The molecule has 2 aromatic rings. The molecular weight excluding hydrogens is 517 g/mol. The number of nitrogens with two attached hydrogens (primary N) is 1. The molecule has 0 heterocycles. The third kappa shape index (κ3) is 10.3. The molecule has 2 rings (SSSR count). The Labute approximate surface area is 231 Å². The average Bonchev–Trinajstić information content (AvgIpc) is 2.83. The van der Waals surface area contributed by atoms with E-state index < -0.39 is 36.0 Å². The Balaban J connectivity index is 0.00000648. The van der Waals surface area contributed by atoms with Crippen molar-refractivity contribution < 1.29 is 24.6 Å². The van der Waals surface area contributed by atoms with Gasteiger partial charge in [-0.05, 0) is 61.9 Å². The number of amides is 1. The highest BCUT2D eigenvalue weighted by Gasteiger charge is 2.34. The molecule has 2 aromatic carbocycles. The van der Waals surface area contributed by atoms with Crippen LogP contribution in [0.3, 0.4) is 0 Å². The summed E-state index contributed by atoms with van der Waals surface area (Å²) in [6.07, 6.45) is 1.99. The minimum Gasteiger partial charge on any atom is -0.480 e. The first-order valence-corrected chi connectivity index (χ1v) is 12.1. The number of hydrogen-bond donors (Lipinski definition) is 4. The molecule has 0 saturated heterocycles. The molecule has 3 atom stereocenters. The molecule has 8 nitrogen and oxygen atoms in total. The molecule has 0 radical (unpaired) electrons. The first kappa shape index (κ1) is 34.4. The maximum absolute atomic E-state index is 13.8. The number of unbranched alkanes of at least 4 members (excludes halogenated alkanes) is 1. The predicted octanol–water partition coefficient (Wildman–Crippen LogP) is 4.59. The lowest BCUT2D eigenvalue weighted by atomic mass is 9.99. The van der Waals surface area contributed by atoms with Crippen molar-refractivity contribution in [3.05, 3.63) is 54.6 Å². The van der Waals surface area contributed by atoms with E-state index >= 15 is 0 Å². The summed E-state index contributed by atoms with van der Waals surface area (Å²) < 4.78 is 0. The van der Waals surface area contributed by atoms with E-state index in [2.05, 4.69) is 5.32 Å². The van der Waals surface area contributed by atoms with Crippen LogP contribution in [0.5, 0.6) is 0 Å². The van der Waals surface area contributed by atoms with E-state index in [4.69, 9.17) is 5.73 Å². The molecule has 0 bridgehead atoms. The highest BCUT2D eigenvalue weighted by molar-refractivity contribution is 6.02. The number of benzene rings is 2. The highest BCUT2D eigenvalue weighted by Crippen LogP contribution is 2.26. The summed E-state index contributed by atoms with van der Waals surface area (Å²) in [5, 5.41) is 22.5. The fourth-order valence-corrected chi connectivity index (χ4v) is 3.99. The SMILES string of the molecule is CC(C)C[C@H](N[C@@H](CCCCN)C(=O)O)C(=O)N(c1ccc(-c2ccccc2)cc1)[C@@H](C)C(=O)O.Cl.Cl. The second-order valence-electron chi connectivity index (χ2n) is 9.16. The van der Waals surface area contributed by atoms with E-state index in [0.29, 0.717) is 37.9 Å². The van der Waals surface area contributed by atoms with E-state index in [0.717, 1.165) is 11.1 Å². The zero-order valence-corrected chi connectivity index (χ0v) is 23.1. The summed E-state index contributed by atoms with van der Waals surface area (Å²) in [7, 11) is 0. The van der Waals surface area contributed by atoms with Gasteiger partial charge in [0.1, 0.15) is 12.1 Å². The number of hydrogen-bond acceptors (Lipinski definition) is 5. The van der Waals surface area contributed by atoms with Crippen molar-refractivity contribution in [2.75, 3.05) is 11.4 Å². The average molecular weight is 557 g/mol. The largest absolute Gasteiger partial charge is 0.480 e. The Morgan fingerprint density at radius 1 is 0.838 bits per heavy atom. The second kappa shape index (κ2) is 17.0. The number of carbonyl (C=O) groups is 3. The smallest absolute Gasteiger partial charge is 0.326 e. The van der Waals surface area contributed by atoms with E-state index in [9.17, 15) is 24.6 Å². The molecule has 10 heteroatoms. The molecule has 0 fully saturated rings. The molecule has 0 saturated carbocycles. The summed E-state index contributed by atoms with van der Waals surface area (Å²) in [5.74, 6) is -2.58. The van der Waals surface area contributed by atoms with Crippen LogP contribution >= 0.6 is 24.8 Å². The van der Waals surface area contributed by atoms with Crippen molar-refractivity contribution in [3.63, 3.8) is 0 Å². The summed E-state index contributed by atoms with van der Waals surface area (Å²) in [6.45, 7) is 5.79. The molecular formula is C27H39Cl2N3O5. The Hall–Kier alpha value is -2.65. The van der Waals surface area contributed by atoms with Crippen molar-refractivity contribution in [1.29, 1.82) is 0 Å². The maximum Gasteiger partial charge on any atom is 0.326 e. The van der Waals surface area contributed by atoms with Crippen LogP contribution in [-0.2, 0) is 14.4 Å². The molecule has 0 spiro atoms. The van der Waals surface area contributed by atoms with E-state index in [1.165, 1.54) is 11.8 Å². The van der Waals surface area contributed by atoms with Gasteiger partial charge in [0.15, 0.2) is 0 Å². The Bertz CT molecular complexity index is 974. The Morgan fingerprint density at radius 3 is 1.89 bits per heavy atom. The number of nitrogens with one attached hydrogen (secondary N) is 1. The number of anilines is 1. The number of carboxylic acid groups (broad SMARTS) is 2. The maximum atomic E-state index is 13.8. The van der Waals surface area contributed by atoms with Crippen LogP contribution in [0, 0.1) is 5.92 Å². The van der Waals surface area contributed by atoms with Crippen LogP contribution in [-0.4, -0.2) is 52.7 Å². The number of carboxylic acids is 2. The fourth-order valence-electron chi connectivity index (χ4n) is 3.99. The van der Waals surface area contributed by atoms with Gasteiger partial charge in [-0.15, -0.1) is 24.8 Å². The number of carbonyl (C=O) groups excluding carboxylic acids is 1. The van der Waals surface area contributed by atoms with Gasteiger partial charge in [0, 0.05) is 5.69 Å². The first-order chi connectivity index (χ1) is 16.6. The lowest BCUT2D eigenvalue weighted by molar-refractivity contribution is -0.142. The summed E-state index contributed by atoms with van der Waals surface area (Å²) >= 11 is 0. The highest BCUT2D eigenvalue weighted by atomic mass is 35.5. The quantitative estimate of drug-likeness (QED) is 0.250. The molecule has 0 unspecified atom stereocenters. The number of nitrogens with zero attached hydrogens (tertiary/aromatic N) is 1. The number of rotatable bonds is 14. The standard InChI is InChI=1S/C27H37N3O5.2ClH/c1-18(2)17-24(29-23(27(34)35)11-7-8-16-28)25(31)30(19(3)26(32)33)22-14-12-21(13-15-22)20-9-5-4-6-10-20;;/h4-6,9-10,12-15,18-19,23-24,29H,7-8,11,16-17,28H2,1-3H3,(H,32,33)(H,34,35);2*1H/t19-,23-,24-;;/m0../s1. The van der Waals surface area contributed by atoms with Crippen molar-refractivity contribution in [2.24, 2.45) is 11.7 Å². The summed E-state index contributed by atoms with van der Waals surface area (Å²) in [4.78, 5) is 38.8. The lowest BCUT2D eigenvalue weighted by Crippen LogP contribution is -2.56. The fraction of sp³-hybridized carbons (Fsp3) is 0.444. The van der Waals surface area contributed by atoms with Crippen LogP contribution in [0.4, 0.5) is 5.69 Å². The van der Waals surface area contributed by atoms with Crippen LogP contribution in [0.25, 0.3) is 11.1 Å². The summed E-state index contributed by atoms with van der Waals surface area (Å²) in [5.41, 5.74) is 7.92. The molecule has 0 aromatic heterocycles. The monoisotopic (exact) mass is 555 g/mol. The van der Waals surface area contributed by atoms with Crippen LogP contribution in [0.1, 0.15) is 46.5 Å². The molecule has 0 aliphatic carbocycles. The third-order valence-corrected chi connectivity index (χ3v) is 5.89. The topological polar surface area (TPSA) is 133 Å². The van der Waals surface area contributed by atoms with Gasteiger partial charge in [0.05, 0.1) is 6.04 Å². The lowest BCUT2D eigenvalue weighted by Gasteiger charge is -2.33. The van der Waals surface area contributed by atoms with Crippen LogP contribution < -0.4 is 16.0 Å². The number of aliphatic carboxylic acids is 2.